The van der Waals surface area contributed by atoms with Crippen LogP contribution in [0.25, 0.3) is 0 Å². The van der Waals surface area contributed by atoms with Gasteiger partial charge in [0.25, 0.3) is 0 Å². The lowest BCUT2D eigenvalue weighted by Gasteiger charge is -2.25. The first-order valence-corrected chi connectivity index (χ1v) is 3.16. The first-order chi connectivity index (χ1) is 4.33. The zero-order valence-corrected chi connectivity index (χ0v) is 5.47. The van der Waals surface area contributed by atoms with Crippen LogP contribution in [0.3, 0.4) is 0 Å². The average molecular weight is 134 g/mol. The molecule has 0 aromatic heterocycles. The lowest BCUT2D eigenvalue weighted by atomic mass is 10.3. The molecule has 1 saturated heterocycles. The average Bonchev–Trinajstić information content (AvgIpc) is 1.88. The summed E-state index contributed by atoms with van der Waals surface area (Å²) in [4.78, 5) is 0. The summed E-state index contributed by atoms with van der Waals surface area (Å²) < 4.78 is 21.9. The molecule has 1 aliphatic rings. The van der Waals surface area contributed by atoms with Crippen molar-refractivity contribution in [2.75, 3.05) is 13.3 Å². The SMILES string of the molecule is CC1OCCC(CF)O1. The number of alkyl halides is 1. The lowest BCUT2D eigenvalue weighted by Crippen LogP contribution is -2.31. The Bertz CT molecular complexity index is 87.1. The van der Waals surface area contributed by atoms with E-state index in [2.05, 4.69) is 0 Å². The van der Waals surface area contributed by atoms with E-state index in [1.807, 2.05) is 0 Å². The van der Waals surface area contributed by atoms with Crippen molar-refractivity contribution in [2.24, 2.45) is 0 Å². The molecule has 1 fully saturated rings. The minimum atomic E-state index is -0.395. The summed E-state index contributed by atoms with van der Waals surface area (Å²) in [5.74, 6) is 0. The molecular formula is C6H11FO2. The van der Waals surface area contributed by atoms with Gasteiger partial charge in [-0.15, -0.1) is 0 Å². The molecule has 1 aliphatic heterocycles. The van der Waals surface area contributed by atoms with Crippen molar-refractivity contribution in [2.45, 2.75) is 25.7 Å². The summed E-state index contributed by atoms with van der Waals surface area (Å²) in [6, 6.07) is 0. The molecule has 0 saturated carbocycles. The van der Waals surface area contributed by atoms with E-state index >= 15 is 0 Å². The largest absolute Gasteiger partial charge is 0.353 e. The van der Waals surface area contributed by atoms with Gasteiger partial charge in [-0.3, -0.25) is 0 Å². The third-order valence-electron chi connectivity index (χ3n) is 1.35. The van der Waals surface area contributed by atoms with Crippen LogP contribution in [0, 0.1) is 0 Å². The molecule has 54 valence electrons. The van der Waals surface area contributed by atoms with Crippen LogP contribution in [0.2, 0.25) is 0 Å². The van der Waals surface area contributed by atoms with Crippen molar-refractivity contribution >= 4 is 0 Å². The van der Waals surface area contributed by atoms with Crippen LogP contribution < -0.4 is 0 Å². The van der Waals surface area contributed by atoms with Crippen molar-refractivity contribution < 1.29 is 13.9 Å². The monoisotopic (exact) mass is 134 g/mol. The molecule has 0 aromatic carbocycles. The Morgan fingerprint density at radius 3 is 2.89 bits per heavy atom. The predicted octanol–water partition coefficient (Wildman–Crippen LogP) is 1.11. The Balaban J connectivity index is 2.23. The highest BCUT2D eigenvalue weighted by Gasteiger charge is 2.18. The van der Waals surface area contributed by atoms with Gasteiger partial charge in [-0.05, 0) is 13.3 Å². The maximum Gasteiger partial charge on any atom is 0.155 e. The predicted molar refractivity (Wildman–Crippen MR) is 30.9 cm³/mol. The van der Waals surface area contributed by atoms with E-state index in [1.165, 1.54) is 0 Å². The normalized spacial score (nSPS) is 36.7. The van der Waals surface area contributed by atoms with Crippen molar-refractivity contribution in [1.29, 1.82) is 0 Å². The molecule has 0 aliphatic carbocycles. The van der Waals surface area contributed by atoms with Crippen molar-refractivity contribution in [1.82, 2.24) is 0 Å². The van der Waals surface area contributed by atoms with Crippen LogP contribution >= 0.6 is 0 Å². The molecule has 0 spiro atoms. The van der Waals surface area contributed by atoms with Crippen LogP contribution in [-0.4, -0.2) is 25.7 Å². The smallest absolute Gasteiger partial charge is 0.155 e. The molecule has 0 N–H and O–H groups in total. The standard InChI is InChI=1S/C6H11FO2/c1-5-8-3-2-6(4-7)9-5/h5-6H,2-4H2,1H3. The van der Waals surface area contributed by atoms with E-state index in [9.17, 15) is 4.39 Å². The van der Waals surface area contributed by atoms with Crippen LogP contribution in [0.15, 0.2) is 0 Å². The Morgan fingerprint density at radius 2 is 2.44 bits per heavy atom. The number of hydrogen-bond donors (Lipinski definition) is 0. The van der Waals surface area contributed by atoms with Crippen molar-refractivity contribution in [3.63, 3.8) is 0 Å². The van der Waals surface area contributed by atoms with E-state index in [0.29, 0.717) is 13.0 Å². The lowest BCUT2D eigenvalue weighted by molar-refractivity contribution is -0.205. The molecule has 2 unspecified atom stereocenters. The Morgan fingerprint density at radius 1 is 1.67 bits per heavy atom. The topological polar surface area (TPSA) is 18.5 Å². The maximum absolute atomic E-state index is 11.9. The van der Waals surface area contributed by atoms with Gasteiger partial charge in [0, 0.05) is 0 Å². The highest BCUT2D eigenvalue weighted by atomic mass is 19.1. The molecule has 0 radical (unpaired) electrons. The third-order valence-corrected chi connectivity index (χ3v) is 1.35. The summed E-state index contributed by atoms with van der Waals surface area (Å²) in [5, 5.41) is 0. The minimum Gasteiger partial charge on any atom is -0.353 e. The van der Waals surface area contributed by atoms with Crippen LogP contribution in [0.5, 0.6) is 0 Å². The highest BCUT2D eigenvalue weighted by molar-refractivity contribution is 4.59. The first-order valence-electron chi connectivity index (χ1n) is 3.16. The fourth-order valence-corrected chi connectivity index (χ4v) is 0.857. The number of hydrogen-bond acceptors (Lipinski definition) is 2. The molecule has 1 rings (SSSR count). The molecule has 1 heterocycles. The Hall–Kier alpha value is -0.150. The fraction of sp³-hybridized carbons (Fsp3) is 1.00. The zero-order valence-electron chi connectivity index (χ0n) is 5.47. The van der Waals surface area contributed by atoms with Gasteiger partial charge < -0.3 is 9.47 Å². The van der Waals surface area contributed by atoms with Crippen LogP contribution in [-0.2, 0) is 9.47 Å². The molecule has 0 aromatic rings. The fourth-order valence-electron chi connectivity index (χ4n) is 0.857. The van der Waals surface area contributed by atoms with Gasteiger partial charge in [-0.25, -0.2) is 4.39 Å². The number of rotatable bonds is 1. The first kappa shape index (κ1) is 6.96. The summed E-state index contributed by atoms with van der Waals surface area (Å²) in [5.41, 5.74) is 0. The van der Waals surface area contributed by atoms with E-state index in [1.54, 1.807) is 6.92 Å². The van der Waals surface area contributed by atoms with E-state index in [-0.39, 0.29) is 12.4 Å². The summed E-state index contributed by atoms with van der Waals surface area (Å²) in [6.07, 6.45) is 0.231. The quantitative estimate of drug-likeness (QED) is 0.534. The van der Waals surface area contributed by atoms with Crippen LogP contribution in [0.1, 0.15) is 13.3 Å². The van der Waals surface area contributed by atoms with Gasteiger partial charge in [-0.1, -0.05) is 0 Å². The summed E-state index contributed by atoms with van der Waals surface area (Å²) in [6.45, 7) is 2.01. The number of ether oxygens (including phenoxy) is 2. The van der Waals surface area contributed by atoms with E-state index < -0.39 is 6.67 Å². The van der Waals surface area contributed by atoms with Crippen LogP contribution in [0.4, 0.5) is 4.39 Å². The number of halogens is 1. The summed E-state index contributed by atoms with van der Waals surface area (Å²) >= 11 is 0. The van der Waals surface area contributed by atoms with Gasteiger partial charge in [0.05, 0.1) is 12.7 Å². The Kier molecular flexibility index (Phi) is 2.42. The summed E-state index contributed by atoms with van der Waals surface area (Å²) in [7, 11) is 0. The van der Waals surface area contributed by atoms with Crippen molar-refractivity contribution in [3.8, 4) is 0 Å². The molecule has 0 amide bonds. The molecule has 2 atom stereocenters. The van der Waals surface area contributed by atoms with Gasteiger partial charge in [0.1, 0.15) is 6.67 Å². The van der Waals surface area contributed by atoms with Gasteiger partial charge in [0.2, 0.25) is 0 Å². The maximum atomic E-state index is 11.9. The molecule has 2 nitrogen and oxygen atoms in total. The van der Waals surface area contributed by atoms with Gasteiger partial charge in [0.15, 0.2) is 6.29 Å². The second kappa shape index (κ2) is 3.13. The van der Waals surface area contributed by atoms with Crippen molar-refractivity contribution in [3.05, 3.63) is 0 Å². The second-order valence-electron chi connectivity index (χ2n) is 2.14. The van der Waals surface area contributed by atoms with Gasteiger partial charge >= 0.3 is 0 Å². The molecule has 3 heteroatoms. The Labute approximate surface area is 54.0 Å². The van der Waals surface area contributed by atoms with E-state index in [4.69, 9.17) is 9.47 Å². The molecule has 9 heavy (non-hydrogen) atoms. The van der Waals surface area contributed by atoms with Gasteiger partial charge in [-0.2, -0.15) is 0 Å². The van der Waals surface area contributed by atoms with E-state index in [0.717, 1.165) is 0 Å². The highest BCUT2D eigenvalue weighted by Crippen LogP contribution is 2.11. The minimum absolute atomic E-state index is 0.223. The second-order valence-corrected chi connectivity index (χ2v) is 2.14. The molecule has 0 bridgehead atoms. The zero-order chi connectivity index (χ0) is 6.69. The molecular weight excluding hydrogens is 123 g/mol. The third kappa shape index (κ3) is 1.91.